The molecule has 0 bridgehead atoms. The van der Waals surface area contributed by atoms with E-state index in [0.717, 1.165) is 13.1 Å². The summed E-state index contributed by atoms with van der Waals surface area (Å²) in [4.78, 5) is 0. The van der Waals surface area contributed by atoms with Crippen LogP contribution >= 0.6 is 0 Å². The summed E-state index contributed by atoms with van der Waals surface area (Å²) in [6.45, 7) is 1.59. The van der Waals surface area contributed by atoms with E-state index < -0.39 is 5.60 Å². The van der Waals surface area contributed by atoms with Crippen LogP contribution in [0.5, 0.6) is 5.75 Å². The highest BCUT2D eigenvalue weighted by atomic mass is 16.3. The number of phenols is 1. The van der Waals surface area contributed by atoms with Gasteiger partial charge in [0, 0.05) is 5.56 Å². The van der Waals surface area contributed by atoms with Gasteiger partial charge in [-0.25, -0.2) is 0 Å². The van der Waals surface area contributed by atoms with E-state index >= 15 is 0 Å². The van der Waals surface area contributed by atoms with Crippen molar-refractivity contribution < 1.29 is 10.2 Å². The van der Waals surface area contributed by atoms with Gasteiger partial charge >= 0.3 is 0 Å². The summed E-state index contributed by atoms with van der Waals surface area (Å²) in [5.74, 6) is 0.192. The van der Waals surface area contributed by atoms with Crippen LogP contribution in [0, 0.1) is 0 Å². The van der Waals surface area contributed by atoms with Gasteiger partial charge in [0.1, 0.15) is 5.75 Å². The van der Waals surface area contributed by atoms with Gasteiger partial charge in [0.05, 0.1) is 5.60 Å². The number of rotatable bonds is 1. The molecule has 3 nitrogen and oxygen atoms in total. The minimum atomic E-state index is -0.851. The second-order valence-corrected chi connectivity index (χ2v) is 3.80. The van der Waals surface area contributed by atoms with Crippen LogP contribution in [-0.4, -0.2) is 23.3 Å². The molecule has 1 aliphatic rings. The molecule has 1 aromatic carbocycles. The van der Waals surface area contributed by atoms with Crippen LogP contribution in [0.1, 0.15) is 18.4 Å². The lowest BCUT2D eigenvalue weighted by Gasteiger charge is -2.33. The number of aliphatic hydroxyl groups is 1. The maximum absolute atomic E-state index is 10.3. The molecule has 0 unspecified atom stereocenters. The first-order chi connectivity index (χ1) is 6.72. The van der Waals surface area contributed by atoms with Crippen molar-refractivity contribution in [2.24, 2.45) is 0 Å². The number of nitrogens with one attached hydrogen (secondary N) is 1. The maximum atomic E-state index is 10.3. The maximum Gasteiger partial charge on any atom is 0.121 e. The molecule has 0 aromatic heterocycles. The Kier molecular flexibility index (Phi) is 2.44. The molecule has 1 saturated heterocycles. The van der Waals surface area contributed by atoms with E-state index in [4.69, 9.17) is 0 Å². The van der Waals surface area contributed by atoms with Crippen LogP contribution in [0.3, 0.4) is 0 Å². The van der Waals surface area contributed by atoms with E-state index in [0.29, 0.717) is 18.4 Å². The molecule has 0 spiro atoms. The molecule has 1 fully saturated rings. The van der Waals surface area contributed by atoms with Crippen molar-refractivity contribution in [2.75, 3.05) is 13.1 Å². The van der Waals surface area contributed by atoms with Gasteiger partial charge in [0.15, 0.2) is 0 Å². The van der Waals surface area contributed by atoms with Gasteiger partial charge in [-0.3, -0.25) is 0 Å². The zero-order valence-corrected chi connectivity index (χ0v) is 8.03. The van der Waals surface area contributed by atoms with Crippen molar-refractivity contribution in [3.05, 3.63) is 29.8 Å². The Morgan fingerprint density at radius 3 is 2.43 bits per heavy atom. The first-order valence-corrected chi connectivity index (χ1v) is 4.94. The number of piperidine rings is 1. The van der Waals surface area contributed by atoms with Crippen LogP contribution in [0.4, 0.5) is 0 Å². The van der Waals surface area contributed by atoms with Crippen molar-refractivity contribution in [3.8, 4) is 5.75 Å². The third-order valence-corrected chi connectivity index (χ3v) is 2.84. The van der Waals surface area contributed by atoms with Gasteiger partial charge in [-0.1, -0.05) is 18.2 Å². The Hall–Kier alpha value is -1.06. The lowest BCUT2D eigenvalue weighted by Crippen LogP contribution is -2.39. The monoisotopic (exact) mass is 193 g/mol. The Morgan fingerprint density at radius 1 is 1.14 bits per heavy atom. The molecule has 0 amide bonds. The molecule has 3 heteroatoms. The summed E-state index contributed by atoms with van der Waals surface area (Å²) < 4.78 is 0. The lowest BCUT2D eigenvalue weighted by molar-refractivity contribution is 0.00399. The molecule has 0 saturated carbocycles. The Bertz CT molecular complexity index is 319. The largest absolute Gasteiger partial charge is 0.508 e. The zero-order valence-electron chi connectivity index (χ0n) is 8.03. The molecular weight excluding hydrogens is 178 g/mol. The zero-order chi connectivity index (χ0) is 10.0. The van der Waals surface area contributed by atoms with Crippen molar-refractivity contribution in [3.63, 3.8) is 0 Å². The number of hydrogen-bond donors (Lipinski definition) is 3. The predicted octanol–water partition coefficient (Wildman–Crippen LogP) is 0.963. The number of benzene rings is 1. The SMILES string of the molecule is Oc1ccccc1C1(O)CCNCC1. The third-order valence-electron chi connectivity index (χ3n) is 2.84. The number of hydrogen-bond acceptors (Lipinski definition) is 3. The van der Waals surface area contributed by atoms with E-state index in [1.165, 1.54) is 0 Å². The van der Waals surface area contributed by atoms with Crippen LogP contribution in [0.25, 0.3) is 0 Å². The second-order valence-electron chi connectivity index (χ2n) is 3.80. The van der Waals surface area contributed by atoms with Crippen LogP contribution in [0.2, 0.25) is 0 Å². The first kappa shape index (κ1) is 9.49. The molecule has 3 N–H and O–H groups in total. The summed E-state index contributed by atoms with van der Waals surface area (Å²) in [7, 11) is 0. The molecule has 0 radical (unpaired) electrons. The third kappa shape index (κ3) is 1.61. The van der Waals surface area contributed by atoms with Gasteiger partial charge in [0.2, 0.25) is 0 Å². The number of aromatic hydroxyl groups is 1. The van der Waals surface area contributed by atoms with Crippen LogP contribution < -0.4 is 5.32 Å². The smallest absolute Gasteiger partial charge is 0.121 e. The predicted molar refractivity (Wildman–Crippen MR) is 54.1 cm³/mol. The first-order valence-electron chi connectivity index (χ1n) is 4.94. The highest BCUT2D eigenvalue weighted by molar-refractivity contribution is 5.37. The Morgan fingerprint density at radius 2 is 1.79 bits per heavy atom. The molecule has 1 heterocycles. The van der Waals surface area contributed by atoms with Gasteiger partial charge in [-0.2, -0.15) is 0 Å². The molecule has 1 aromatic rings. The fourth-order valence-electron chi connectivity index (χ4n) is 1.98. The molecule has 0 aliphatic carbocycles. The fraction of sp³-hybridized carbons (Fsp3) is 0.455. The van der Waals surface area contributed by atoms with Crippen molar-refractivity contribution in [1.82, 2.24) is 5.32 Å². The van der Waals surface area contributed by atoms with Crippen molar-refractivity contribution >= 4 is 0 Å². The number of phenolic OH excluding ortho intramolecular Hbond substituents is 1. The van der Waals surface area contributed by atoms with Gasteiger partial charge in [0.25, 0.3) is 0 Å². The summed E-state index contributed by atoms with van der Waals surface area (Å²) in [5.41, 5.74) is -0.196. The van der Waals surface area contributed by atoms with Crippen LogP contribution in [-0.2, 0) is 5.60 Å². The van der Waals surface area contributed by atoms with Gasteiger partial charge in [-0.15, -0.1) is 0 Å². The Labute approximate surface area is 83.4 Å². The topological polar surface area (TPSA) is 52.5 Å². The number of para-hydroxylation sites is 1. The van der Waals surface area contributed by atoms with Crippen LogP contribution in [0.15, 0.2) is 24.3 Å². The lowest BCUT2D eigenvalue weighted by atomic mass is 9.84. The summed E-state index contributed by atoms with van der Waals surface area (Å²) in [6.07, 6.45) is 1.31. The summed E-state index contributed by atoms with van der Waals surface area (Å²) >= 11 is 0. The summed E-state index contributed by atoms with van der Waals surface area (Å²) in [5, 5.41) is 23.2. The molecule has 76 valence electrons. The Balaban J connectivity index is 2.32. The quantitative estimate of drug-likeness (QED) is 0.622. The molecule has 14 heavy (non-hydrogen) atoms. The second kappa shape index (κ2) is 3.59. The standard InChI is InChI=1S/C11H15NO2/c13-10-4-2-1-3-9(10)11(14)5-7-12-8-6-11/h1-4,12-14H,5-8H2. The normalized spacial score (nSPS) is 20.6. The highest BCUT2D eigenvalue weighted by Gasteiger charge is 2.32. The molecule has 2 rings (SSSR count). The van der Waals surface area contributed by atoms with E-state index in [1.54, 1.807) is 18.2 Å². The highest BCUT2D eigenvalue weighted by Crippen LogP contribution is 2.35. The molecular formula is C11H15NO2. The fourth-order valence-corrected chi connectivity index (χ4v) is 1.98. The minimum absolute atomic E-state index is 0.192. The summed E-state index contributed by atoms with van der Waals surface area (Å²) in [6, 6.07) is 7.02. The van der Waals surface area contributed by atoms with E-state index in [9.17, 15) is 10.2 Å². The van der Waals surface area contributed by atoms with Gasteiger partial charge < -0.3 is 15.5 Å². The van der Waals surface area contributed by atoms with E-state index in [-0.39, 0.29) is 5.75 Å². The molecule has 1 aliphatic heterocycles. The van der Waals surface area contributed by atoms with Crippen molar-refractivity contribution in [2.45, 2.75) is 18.4 Å². The van der Waals surface area contributed by atoms with E-state index in [2.05, 4.69) is 5.32 Å². The van der Waals surface area contributed by atoms with Gasteiger partial charge in [-0.05, 0) is 32.0 Å². The molecule has 0 atom stereocenters. The van der Waals surface area contributed by atoms with Crippen molar-refractivity contribution in [1.29, 1.82) is 0 Å². The minimum Gasteiger partial charge on any atom is -0.508 e. The van der Waals surface area contributed by atoms with E-state index in [1.807, 2.05) is 6.07 Å². The average molecular weight is 193 g/mol. The average Bonchev–Trinajstić information content (AvgIpc) is 2.19.